The molecular weight excluding hydrogens is 639 g/mol. The number of alkyl halides is 1. The Labute approximate surface area is 290 Å². The minimum Gasteiger partial charge on any atom is -0.458 e. The highest BCUT2D eigenvalue weighted by Crippen LogP contribution is 2.49. The summed E-state index contributed by atoms with van der Waals surface area (Å²) in [6.07, 6.45) is 3.41. The van der Waals surface area contributed by atoms with Crippen LogP contribution in [0.5, 0.6) is 0 Å². The molecule has 5 atom stereocenters. The molecule has 3 aromatic carbocycles. The SMILES string of the molecule is CC(C)[Si](O[C@H]1C[C@H](C)[C@@H](OC(=O)c2ccccc2P(c2ccccc2)c2ccccc2)[C@@H](CC=O)[C@H]1CCCCl)(C(C)C)C(C)C. The van der Waals surface area contributed by atoms with Crippen LogP contribution in [0.25, 0.3) is 0 Å². The zero-order valence-electron chi connectivity index (χ0n) is 29.3. The van der Waals surface area contributed by atoms with Crippen molar-refractivity contribution >= 4 is 56.0 Å². The number of rotatable bonds is 15. The van der Waals surface area contributed by atoms with Gasteiger partial charge < -0.3 is 14.0 Å². The Morgan fingerprint density at radius 2 is 1.38 bits per heavy atom. The Kier molecular flexibility index (Phi) is 13.9. The second kappa shape index (κ2) is 17.4. The predicted molar refractivity (Wildman–Crippen MR) is 202 cm³/mol. The molecule has 1 aliphatic rings. The molecule has 4 rings (SSSR count). The molecule has 4 nitrogen and oxygen atoms in total. The maximum Gasteiger partial charge on any atom is 0.339 e. The van der Waals surface area contributed by atoms with E-state index < -0.39 is 22.3 Å². The molecule has 0 N–H and O–H groups in total. The van der Waals surface area contributed by atoms with E-state index in [1.807, 2.05) is 30.3 Å². The Morgan fingerprint density at radius 3 is 1.89 bits per heavy atom. The largest absolute Gasteiger partial charge is 0.458 e. The lowest BCUT2D eigenvalue weighted by atomic mass is 9.68. The van der Waals surface area contributed by atoms with Gasteiger partial charge in [-0.1, -0.05) is 127 Å². The molecule has 1 aliphatic carbocycles. The van der Waals surface area contributed by atoms with Gasteiger partial charge in [-0.3, -0.25) is 0 Å². The molecule has 47 heavy (non-hydrogen) atoms. The molecule has 0 amide bonds. The number of benzene rings is 3. The molecule has 3 aromatic rings. The van der Waals surface area contributed by atoms with E-state index in [0.29, 0.717) is 34.5 Å². The van der Waals surface area contributed by atoms with Crippen molar-refractivity contribution in [2.45, 2.75) is 103 Å². The molecule has 0 radical (unpaired) electrons. The van der Waals surface area contributed by atoms with Crippen molar-refractivity contribution in [2.24, 2.45) is 17.8 Å². The second-order valence-electron chi connectivity index (χ2n) is 14.1. The zero-order valence-corrected chi connectivity index (χ0v) is 31.9. The number of ether oxygens (including phenoxy) is 1. The van der Waals surface area contributed by atoms with Gasteiger partial charge in [0, 0.05) is 24.3 Å². The molecule has 1 fully saturated rings. The number of carbonyl (C=O) groups is 2. The fraction of sp³-hybridized carbons (Fsp3) is 0.500. The summed E-state index contributed by atoms with van der Waals surface area (Å²) < 4.78 is 14.0. The molecule has 0 bridgehead atoms. The monoisotopic (exact) mass is 692 g/mol. The van der Waals surface area contributed by atoms with Crippen molar-refractivity contribution < 1.29 is 18.8 Å². The Morgan fingerprint density at radius 1 is 0.851 bits per heavy atom. The van der Waals surface area contributed by atoms with Gasteiger partial charge >= 0.3 is 5.97 Å². The van der Waals surface area contributed by atoms with Gasteiger partial charge in [-0.05, 0) is 77.6 Å². The number of aldehydes is 1. The molecule has 0 aromatic heterocycles. The lowest BCUT2D eigenvalue weighted by Crippen LogP contribution is -2.56. The highest BCUT2D eigenvalue weighted by Gasteiger charge is 2.52. The summed E-state index contributed by atoms with van der Waals surface area (Å²) in [5.41, 5.74) is 1.94. The number of hydrogen-bond acceptors (Lipinski definition) is 4. The van der Waals surface area contributed by atoms with Crippen LogP contribution in [-0.4, -0.2) is 38.7 Å². The van der Waals surface area contributed by atoms with Gasteiger partial charge in [-0.15, -0.1) is 11.6 Å². The van der Waals surface area contributed by atoms with E-state index in [2.05, 4.69) is 103 Å². The number of carbonyl (C=O) groups excluding carboxylic acids is 2. The average Bonchev–Trinajstić information content (AvgIpc) is 3.05. The van der Waals surface area contributed by atoms with Crippen molar-refractivity contribution in [3.8, 4) is 0 Å². The number of esters is 1. The van der Waals surface area contributed by atoms with Gasteiger partial charge in [0.05, 0.1) is 5.56 Å². The van der Waals surface area contributed by atoms with Crippen molar-refractivity contribution in [2.75, 3.05) is 5.88 Å². The minimum absolute atomic E-state index is 0.00303. The fourth-order valence-electron chi connectivity index (χ4n) is 8.37. The summed E-state index contributed by atoms with van der Waals surface area (Å²) in [6.45, 7) is 16.1. The van der Waals surface area contributed by atoms with E-state index >= 15 is 0 Å². The summed E-state index contributed by atoms with van der Waals surface area (Å²) in [6, 6.07) is 28.7. The third kappa shape index (κ3) is 8.47. The summed E-state index contributed by atoms with van der Waals surface area (Å²) >= 11 is 6.27. The lowest BCUT2D eigenvalue weighted by molar-refractivity contribution is -0.116. The molecule has 254 valence electrons. The van der Waals surface area contributed by atoms with Crippen LogP contribution in [0.2, 0.25) is 16.6 Å². The average molecular weight is 693 g/mol. The van der Waals surface area contributed by atoms with Crippen molar-refractivity contribution in [1.29, 1.82) is 0 Å². The smallest absolute Gasteiger partial charge is 0.339 e. The highest BCUT2D eigenvalue weighted by atomic mass is 35.5. The van der Waals surface area contributed by atoms with Crippen molar-refractivity contribution in [3.05, 3.63) is 90.5 Å². The van der Waals surface area contributed by atoms with Crippen LogP contribution in [0.3, 0.4) is 0 Å². The third-order valence-corrected chi connectivity index (χ3v) is 19.2. The van der Waals surface area contributed by atoms with Crippen LogP contribution in [0, 0.1) is 17.8 Å². The first-order chi connectivity index (χ1) is 22.6. The summed E-state index contributed by atoms with van der Waals surface area (Å²) in [7, 11) is -3.19. The highest BCUT2D eigenvalue weighted by molar-refractivity contribution is 7.80. The molecule has 1 saturated carbocycles. The van der Waals surface area contributed by atoms with Crippen LogP contribution >= 0.6 is 19.5 Å². The molecule has 7 heteroatoms. The van der Waals surface area contributed by atoms with E-state index in [4.69, 9.17) is 20.8 Å². The topological polar surface area (TPSA) is 52.6 Å². The second-order valence-corrected chi connectivity index (χ2v) is 22.1. The van der Waals surface area contributed by atoms with Crippen LogP contribution in [0.4, 0.5) is 0 Å². The Hall–Kier alpha value is -2.30. The van der Waals surface area contributed by atoms with E-state index in [1.54, 1.807) is 0 Å². The summed E-state index contributed by atoms with van der Waals surface area (Å²) in [4.78, 5) is 26.6. The molecule has 0 saturated heterocycles. The first-order valence-electron chi connectivity index (χ1n) is 17.4. The molecule has 0 spiro atoms. The van der Waals surface area contributed by atoms with E-state index in [0.717, 1.165) is 30.9 Å². The maximum atomic E-state index is 14.3. The maximum absolute atomic E-state index is 14.3. The molecule has 0 heterocycles. The number of halogens is 1. The minimum atomic E-state index is -2.20. The van der Waals surface area contributed by atoms with Gasteiger partial charge in [0.2, 0.25) is 8.32 Å². The van der Waals surface area contributed by atoms with E-state index in [-0.39, 0.29) is 29.8 Å². The van der Waals surface area contributed by atoms with E-state index in [1.165, 1.54) is 10.6 Å². The normalized spacial score (nSPS) is 21.8. The standard InChI is InChI=1S/C40H54ClO4PSi/c1-28(2)47(29(3)4,30(5)6)45-37-27-31(7)39(35(24-26-42)34(37)22-16-25-41)44-40(43)36-21-14-15-23-38(36)46(32-17-10-8-11-18-32)33-19-12-9-13-20-33/h8-15,17-21,23,26,28-31,34-35,37,39H,16,22,24-25,27H2,1-7H3/t31-,34+,35-,37-,39+/m0/s1. The van der Waals surface area contributed by atoms with E-state index in [9.17, 15) is 9.59 Å². The van der Waals surface area contributed by atoms with Crippen LogP contribution in [0.15, 0.2) is 84.9 Å². The molecular formula is C40H54ClO4PSi. The molecule has 0 aliphatic heterocycles. The lowest BCUT2D eigenvalue weighted by Gasteiger charge is -2.51. The zero-order chi connectivity index (χ0) is 34.1. The fourth-order valence-corrected chi connectivity index (χ4v) is 16.6. The van der Waals surface area contributed by atoms with Crippen molar-refractivity contribution in [1.82, 2.24) is 0 Å². The Balaban J connectivity index is 1.71. The van der Waals surface area contributed by atoms with Gasteiger partial charge in [-0.25, -0.2) is 4.79 Å². The van der Waals surface area contributed by atoms with Crippen LogP contribution in [0.1, 0.15) is 84.5 Å². The molecule has 0 unspecified atom stereocenters. The van der Waals surface area contributed by atoms with Gasteiger partial charge in [0.25, 0.3) is 0 Å². The van der Waals surface area contributed by atoms with Gasteiger partial charge in [0.15, 0.2) is 0 Å². The summed E-state index contributed by atoms with van der Waals surface area (Å²) in [5, 5.41) is 3.32. The third-order valence-electron chi connectivity index (χ3n) is 10.4. The number of hydrogen-bond donors (Lipinski definition) is 0. The van der Waals surface area contributed by atoms with Gasteiger partial charge in [-0.2, -0.15) is 0 Å². The van der Waals surface area contributed by atoms with Crippen molar-refractivity contribution in [3.63, 3.8) is 0 Å². The first kappa shape index (κ1) is 37.5. The predicted octanol–water partition coefficient (Wildman–Crippen LogP) is 9.41. The quantitative estimate of drug-likeness (QED) is 0.0524. The van der Waals surface area contributed by atoms with Crippen LogP contribution < -0.4 is 15.9 Å². The van der Waals surface area contributed by atoms with Gasteiger partial charge in [0.1, 0.15) is 12.4 Å². The summed E-state index contributed by atoms with van der Waals surface area (Å²) in [5.74, 6) is 0.212. The first-order valence-corrected chi connectivity index (χ1v) is 21.5. The Bertz CT molecular complexity index is 1350. The van der Waals surface area contributed by atoms with Crippen LogP contribution in [-0.2, 0) is 14.0 Å².